The summed E-state index contributed by atoms with van der Waals surface area (Å²) in [5.74, 6) is 0. The molecule has 0 heterocycles. The normalized spacial score (nSPS) is 11.8. The molecule has 0 amide bonds. The zero-order valence-corrected chi connectivity index (χ0v) is 13.7. The molecule has 0 aliphatic heterocycles. The van der Waals surface area contributed by atoms with Crippen molar-refractivity contribution in [1.29, 1.82) is 0 Å². The van der Waals surface area contributed by atoms with Crippen LogP contribution in [0.2, 0.25) is 10.0 Å². The van der Waals surface area contributed by atoms with E-state index >= 15 is 0 Å². The zero-order valence-electron chi connectivity index (χ0n) is 11.4. The first-order valence-electron chi connectivity index (χ1n) is 6.10. The van der Waals surface area contributed by atoms with Crippen LogP contribution >= 0.6 is 23.2 Å². The van der Waals surface area contributed by atoms with Gasteiger partial charge < -0.3 is 10.1 Å². The summed E-state index contributed by atoms with van der Waals surface area (Å²) >= 11 is 12.2. The number of ether oxygens (including phenoxy) is 1. The second-order valence-corrected chi connectivity index (χ2v) is 6.53. The van der Waals surface area contributed by atoms with Crippen LogP contribution in [0.4, 0.5) is 0 Å². The highest BCUT2D eigenvalue weighted by Gasteiger charge is 2.21. The molecule has 0 aliphatic carbocycles. The van der Waals surface area contributed by atoms with Crippen molar-refractivity contribution in [2.24, 2.45) is 0 Å². The highest BCUT2D eigenvalue weighted by atomic mass is 35.5. The molecule has 114 valence electrons. The van der Waals surface area contributed by atoms with Gasteiger partial charge in [0.2, 0.25) is 10.0 Å². The molecule has 0 radical (unpaired) electrons. The Labute approximate surface area is 129 Å². The molecule has 20 heavy (non-hydrogen) atoms. The van der Waals surface area contributed by atoms with Crippen molar-refractivity contribution < 1.29 is 13.2 Å². The van der Waals surface area contributed by atoms with E-state index in [-0.39, 0.29) is 23.1 Å². The molecule has 1 aromatic carbocycles. The van der Waals surface area contributed by atoms with Crippen LogP contribution in [0.1, 0.15) is 12.5 Å². The lowest BCUT2D eigenvalue weighted by Crippen LogP contribution is -2.27. The number of rotatable bonds is 8. The largest absolute Gasteiger partial charge is 0.383 e. The number of sulfonamides is 1. The summed E-state index contributed by atoms with van der Waals surface area (Å²) in [7, 11) is -2.18. The number of halogens is 2. The Morgan fingerprint density at radius 1 is 1.30 bits per heavy atom. The predicted molar refractivity (Wildman–Crippen MR) is 80.9 cm³/mol. The zero-order chi connectivity index (χ0) is 15.2. The third-order valence-corrected chi connectivity index (χ3v) is 4.99. The lowest BCUT2D eigenvalue weighted by atomic mass is 10.2. The molecule has 0 bridgehead atoms. The van der Waals surface area contributed by atoms with Gasteiger partial charge in [0.25, 0.3) is 0 Å². The van der Waals surface area contributed by atoms with E-state index in [2.05, 4.69) is 10.0 Å². The average Bonchev–Trinajstić information content (AvgIpc) is 2.38. The first kappa shape index (κ1) is 17.7. The Bertz CT molecular complexity index is 550. The molecule has 0 spiro atoms. The Hall–Kier alpha value is -0.370. The molecular weight excluding hydrogens is 323 g/mol. The van der Waals surface area contributed by atoms with Gasteiger partial charge in [-0.15, -0.1) is 0 Å². The minimum absolute atomic E-state index is 0.0209. The van der Waals surface area contributed by atoms with Crippen molar-refractivity contribution in [1.82, 2.24) is 10.0 Å². The number of nitrogens with one attached hydrogen (secondary N) is 2. The number of methoxy groups -OCH3 is 1. The first-order chi connectivity index (χ1) is 9.44. The Morgan fingerprint density at radius 2 is 2.00 bits per heavy atom. The van der Waals surface area contributed by atoms with Gasteiger partial charge in [0, 0.05) is 30.8 Å². The van der Waals surface area contributed by atoms with E-state index in [1.807, 2.05) is 6.92 Å². The number of hydrogen-bond acceptors (Lipinski definition) is 4. The van der Waals surface area contributed by atoms with Gasteiger partial charge >= 0.3 is 0 Å². The Morgan fingerprint density at radius 3 is 2.60 bits per heavy atom. The maximum Gasteiger partial charge on any atom is 0.242 e. The molecule has 0 aliphatic rings. The van der Waals surface area contributed by atoms with E-state index in [0.717, 1.165) is 6.54 Å². The summed E-state index contributed by atoms with van der Waals surface area (Å²) < 4.78 is 31.5. The van der Waals surface area contributed by atoms with E-state index in [1.54, 1.807) is 0 Å². The molecular formula is C12H18Cl2N2O3S. The number of hydrogen-bond donors (Lipinski definition) is 2. The van der Waals surface area contributed by atoms with Gasteiger partial charge in [-0.2, -0.15) is 0 Å². The fraction of sp³-hybridized carbons (Fsp3) is 0.500. The molecule has 0 saturated carbocycles. The van der Waals surface area contributed by atoms with E-state index in [4.69, 9.17) is 27.9 Å². The molecule has 8 heteroatoms. The molecule has 0 atom stereocenters. The monoisotopic (exact) mass is 340 g/mol. The summed E-state index contributed by atoms with van der Waals surface area (Å²) in [5, 5.41) is 3.65. The Kier molecular flexibility index (Phi) is 7.22. The van der Waals surface area contributed by atoms with Crippen LogP contribution in [0, 0.1) is 0 Å². The van der Waals surface area contributed by atoms with Crippen molar-refractivity contribution in [2.75, 3.05) is 26.8 Å². The standard InChI is InChI=1S/C12H18Cl2N2O3S/c1-3-15-8-9-10(13)4-5-11(12(9)14)20(17,18)16-6-7-19-2/h4-5,15-16H,3,6-8H2,1-2H3. The highest BCUT2D eigenvalue weighted by molar-refractivity contribution is 7.89. The molecule has 2 N–H and O–H groups in total. The molecule has 5 nitrogen and oxygen atoms in total. The lowest BCUT2D eigenvalue weighted by Gasteiger charge is -2.13. The van der Waals surface area contributed by atoms with Crippen molar-refractivity contribution >= 4 is 33.2 Å². The van der Waals surface area contributed by atoms with Crippen molar-refractivity contribution in [3.63, 3.8) is 0 Å². The third kappa shape index (κ3) is 4.58. The van der Waals surface area contributed by atoms with Crippen molar-refractivity contribution in [3.8, 4) is 0 Å². The van der Waals surface area contributed by atoms with Crippen LogP contribution in [0.3, 0.4) is 0 Å². The third-order valence-electron chi connectivity index (χ3n) is 2.59. The minimum Gasteiger partial charge on any atom is -0.383 e. The maximum absolute atomic E-state index is 12.2. The number of benzene rings is 1. The lowest BCUT2D eigenvalue weighted by molar-refractivity contribution is 0.204. The fourth-order valence-electron chi connectivity index (χ4n) is 1.55. The van der Waals surface area contributed by atoms with Crippen LogP contribution in [-0.4, -0.2) is 35.2 Å². The van der Waals surface area contributed by atoms with E-state index < -0.39 is 10.0 Å². The van der Waals surface area contributed by atoms with Crippen LogP contribution in [0.15, 0.2) is 17.0 Å². The molecule has 1 aromatic rings. The van der Waals surface area contributed by atoms with Crippen LogP contribution < -0.4 is 10.0 Å². The van der Waals surface area contributed by atoms with E-state index in [1.165, 1.54) is 19.2 Å². The van der Waals surface area contributed by atoms with Gasteiger partial charge in [0.15, 0.2) is 0 Å². The summed E-state index contributed by atoms with van der Waals surface area (Å²) in [6.07, 6.45) is 0. The molecule has 0 saturated heterocycles. The smallest absolute Gasteiger partial charge is 0.242 e. The quantitative estimate of drug-likeness (QED) is 0.710. The SMILES string of the molecule is CCNCc1c(Cl)ccc(S(=O)(=O)NCCOC)c1Cl. The summed E-state index contributed by atoms with van der Waals surface area (Å²) in [6.45, 7) is 3.55. The topological polar surface area (TPSA) is 67.4 Å². The van der Waals surface area contributed by atoms with E-state index in [0.29, 0.717) is 17.1 Å². The first-order valence-corrected chi connectivity index (χ1v) is 8.34. The van der Waals surface area contributed by atoms with Gasteiger partial charge in [0.1, 0.15) is 4.90 Å². The second kappa shape index (κ2) is 8.17. The summed E-state index contributed by atoms with van der Waals surface area (Å²) in [4.78, 5) is 0.0209. The van der Waals surface area contributed by atoms with Crippen molar-refractivity contribution in [3.05, 3.63) is 27.7 Å². The fourth-order valence-corrected chi connectivity index (χ4v) is 3.47. The van der Waals surface area contributed by atoms with Gasteiger partial charge in [-0.25, -0.2) is 13.1 Å². The predicted octanol–water partition coefficient (Wildman–Crippen LogP) is 2.03. The highest BCUT2D eigenvalue weighted by Crippen LogP contribution is 2.30. The van der Waals surface area contributed by atoms with Crippen LogP contribution in [0.25, 0.3) is 0 Å². The van der Waals surface area contributed by atoms with Crippen molar-refractivity contribution in [2.45, 2.75) is 18.4 Å². The summed E-state index contributed by atoms with van der Waals surface area (Å²) in [5.41, 5.74) is 0.574. The average molecular weight is 341 g/mol. The van der Waals surface area contributed by atoms with Gasteiger partial charge in [-0.05, 0) is 18.7 Å². The Balaban J connectivity index is 3.06. The van der Waals surface area contributed by atoms with E-state index in [9.17, 15) is 8.42 Å². The molecule has 0 unspecified atom stereocenters. The van der Waals surface area contributed by atoms with Crippen LogP contribution in [0.5, 0.6) is 0 Å². The maximum atomic E-state index is 12.2. The summed E-state index contributed by atoms with van der Waals surface area (Å²) in [6, 6.07) is 2.93. The minimum atomic E-state index is -3.68. The van der Waals surface area contributed by atoms with Gasteiger partial charge in [-0.1, -0.05) is 30.1 Å². The molecule has 1 rings (SSSR count). The second-order valence-electron chi connectivity index (χ2n) is 4.01. The van der Waals surface area contributed by atoms with Gasteiger partial charge in [0.05, 0.1) is 11.6 Å². The molecule has 0 aromatic heterocycles. The van der Waals surface area contributed by atoms with Gasteiger partial charge in [-0.3, -0.25) is 0 Å². The van der Waals surface area contributed by atoms with Crippen LogP contribution in [-0.2, 0) is 21.3 Å². The molecule has 0 fully saturated rings.